The maximum Gasteiger partial charge on any atom is 0.149 e. The molecule has 5 heteroatoms. The summed E-state index contributed by atoms with van der Waals surface area (Å²) in [4.78, 5) is 12.8. The van der Waals surface area contributed by atoms with Crippen molar-refractivity contribution in [2.45, 2.75) is 13.8 Å². The van der Waals surface area contributed by atoms with Gasteiger partial charge in [0.15, 0.2) is 0 Å². The van der Waals surface area contributed by atoms with Gasteiger partial charge in [-0.3, -0.25) is 9.98 Å². The molecule has 3 nitrogen and oxygen atoms in total. The van der Waals surface area contributed by atoms with Crippen molar-refractivity contribution >= 4 is 23.8 Å². The average Bonchev–Trinajstić information content (AvgIpc) is 2.61. The summed E-state index contributed by atoms with van der Waals surface area (Å²) in [5.41, 5.74) is 3.18. The molecule has 1 heterocycles. The second kappa shape index (κ2) is 7.78. The van der Waals surface area contributed by atoms with Crippen LogP contribution in [0, 0.1) is 25.5 Å². The molecule has 26 heavy (non-hydrogen) atoms. The number of rotatable bonds is 4. The quantitative estimate of drug-likeness (QED) is 0.575. The number of halogens is 2. The largest absolute Gasteiger partial charge is 0.251 e. The van der Waals surface area contributed by atoms with Crippen LogP contribution in [0.4, 0.5) is 20.2 Å². The van der Waals surface area contributed by atoms with Gasteiger partial charge in [-0.25, -0.2) is 13.8 Å². The number of aliphatic imine (C=N–C) groups is 2. The van der Waals surface area contributed by atoms with Gasteiger partial charge < -0.3 is 0 Å². The third-order valence-electron chi connectivity index (χ3n) is 3.82. The molecular weight excluding hydrogens is 332 g/mol. The Morgan fingerprint density at radius 1 is 0.692 bits per heavy atom. The maximum absolute atomic E-state index is 13.8. The van der Waals surface area contributed by atoms with Gasteiger partial charge in [0.1, 0.15) is 23.0 Å². The first-order valence-electron chi connectivity index (χ1n) is 8.10. The Balaban J connectivity index is 1.85. The first kappa shape index (κ1) is 17.6. The second-order valence-electron chi connectivity index (χ2n) is 5.81. The maximum atomic E-state index is 13.8. The number of hydrogen-bond donors (Lipinski definition) is 0. The SMILES string of the molecule is Cc1cccc(F)c1N=Cc1cccc(C=Nc2c(C)cccc2F)n1. The van der Waals surface area contributed by atoms with Crippen molar-refractivity contribution in [3.05, 3.63) is 88.7 Å². The minimum atomic E-state index is -0.381. The first-order chi connectivity index (χ1) is 12.5. The van der Waals surface area contributed by atoms with E-state index in [2.05, 4.69) is 15.0 Å². The molecule has 3 rings (SSSR count). The minimum absolute atomic E-state index is 0.287. The van der Waals surface area contributed by atoms with Gasteiger partial charge in [-0.1, -0.05) is 30.3 Å². The van der Waals surface area contributed by atoms with Crippen LogP contribution in [0.5, 0.6) is 0 Å². The normalized spacial score (nSPS) is 11.5. The zero-order valence-corrected chi connectivity index (χ0v) is 14.4. The Labute approximate surface area is 150 Å². The van der Waals surface area contributed by atoms with E-state index < -0.39 is 0 Å². The first-order valence-corrected chi connectivity index (χ1v) is 8.10. The molecule has 0 radical (unpaired) electrons. The van der Waals surface area contributed by atoms with Crippen LogP contribution in [0.1, 0.15) is 22.5 Å². The lowest BCUT2D eigenvalue weighted by Gasteiger charge is -2.02. The molecular formula is C21H17F2N3. The van der Waals surface area contributed by atoms with Gasteiger partial charge >= 0.3 is 0 Å². The fourth-order valence-electron chi connectivity index (χ4n) is 2.45. The molecule has 0 saturated carbocycles. The molecule has 0 saturated heterocycles. The van der Waals surface area contributed by atoms with Crippen LogP contribution in [-0.2, 0) is 0 Å². The van der Waals surface area contributed by atoms with Gasteiger partial charge in [0.2, 0.25) is 0 Å². The van der Waals surface area contributed by atoms with Gasteiger partial charge in [0.25, 0.3) is 0 Å². The Hall–Kier alpha value is -3.21. The summed E-state index contributed by atoms with van der Waals surface area (Å²) in [7, 11) is 0. The summed E-state index contributed by atoms with van der Waals surface area (Å²) in [6.45, 7) is 3.59. The van der Waals surface area contributed by atoms with Gasteiger partial charge in [0.05, 0.1) is 23.8 Å². The summed E-state index contributed by atoms with van der Waals surface area (Å²) in [5, 5.41) is 0. The fraction of sp³-hybridized carbons (Fsp3) is 0.0952. The Morgan fingerprint density at radius 2 is 1.12 bits per heavy atom. The molecule has 0 unspecified atom stereocenters. The highest BCUT2D eigenvalue weighted by atomic mass is 19.1. The van der Waals surface area contributed by atoms with Crippen LogP contribution in [0.3, 0.4) is 0 Å². The van der Waals surface area contributed by atoms with Crippen molar-refractivity contribution in [1.29, 1.82) is 0 Å². The third kappa shape index (κ3) is 4.06. The number of hydrogen-bond acceptors (Lipinski definition) is 3. The van der Waals surface area contributed by atoms with E-state index in [1.807, 2.05) is 0 Å². The Morgan fingerprint density at radius 3 is 1.54 bits per heavy atom. The molecule has 130 valence electrons. The highest BCUT2D eigenvalue weighted by Crippen LogP contribution is 2.23. The van der Waals surface area contributed by atoms with Crippen LogP contribution in [-0.4, -0.2) is 17.4 Å². The van der Waals surface area contributed by atoms with E-state index in [1.165, 1.54) is 24.6 Å². The van der Waals surface area contributed by atoms with Crippen LogP contribution in [0.2, 0.25) is 0 Å². The van der Waals surface area contributed by atoms with Crippen molar-refractivity contribution in [1.82, 2.24) is 4.98 Å². The molecule has 1 aromatic heterocycles. The van der Waals surface area contributed by atoms with Crippen molar-refractivity contribution < 1.29 is 8.78 Å². The van der Waals surface area contributed by atoms with E-state index in [9.17, 15) is 8.78 Å². The summed E-state index contributed by atoms with van der Waals surface area (Å²) in [5.74, 6) is -0.761. The van der Waals surface area contributed by atoms with Crippen LogP contribution in [0.15, 0.2) is 64.6 Å². The molecule has 0 atom stereocenters. The molecule has 0 bridgehead atoms. The van der Waals surface area contributed by atoms with E-state index in [0.717, 1.165) is 11.1 Å². The van der Waals surface area contributed by atoms with Crippen molar-refractivity contribution in [3.8, 4) is 0 Å². The lowest BCUT2D eigenvalue weighted by Crippen LogP contribution is -1.94. The number of aryl methyl sites for hydroxylation is 2. The second-order valence-corrected chi connectivity index (χ2v) is 5.81. The van der Waals surface area contributed by atoms with E-state index in [0.29, 0.717) is 11.4 Å². The van der Waals surface area contributed by atoms with E-state index in [1.54, 1.807) is 56.3 Å². The van der Waals surface area contributed by atoms with Gasteiger partial charge in [-0.05, 0) is 49.2 Å². The Bertz CT molecular complexity index is 877. The number of aromatic nitrogens is 1. The topological polar surface area (TPSA) is 37.6 Å². The van der Waals surface area contributed by atoms with E-state index >= 15 is 0 Å². The van der Waals surface area contributed by atoms with Crippen LogP contribution in [0.25, 0.3) is 0 Å². The number of benzene rings is 2. The molecule has 3 aromatic rings. The third-order valence-corrected chi connectivity index (χ3v) is 3.82. The molecule has 0 aliphatic heterocycles. The highest BCUT2D eigenvalue weighted by molar-refractivity contribution is 5.84. The van der Waals surface area contributed by atoms with Crippen molar-refractivity contribution in [2.24, 2.45) is 9.98 Å². The van der Waals surface area contributed by atoms with Crippen LogP contribution < -0.4 is 0 Å². The molecule has 2 aromatic carbocycles. The average molecular weight is 349 g/mol. The van der Waals surface area contributed by atoms with Crippen molar-refractivity contribution in [3.63, 3.8) is 0 Å². The van der Waals surface area contributed by atoms with E-state index in [-0.39, 0.29) is 23.0 Å². The zero-order chi connectivity index (χ0) is 18.5. The monoisotopic (exact) mass is 349 g/mol. The fourth-order valence-corrected chi connectivity index (χ4v) is 2.45. The Kier molecular flexibility index (Phi) is 5.27. The molecule has 0 spiro atoms. The van der Waals surface area contributed by atoms with Crippen molar-refractivity contribution in [2.75, 3.05) is 0 Å². The van der Waals surface area contributed by atoms with Gasteiger partial charge in [-0.15, -0.1) is 0 Å². The number of nitrogens with zero attached hydrogens (tertiary/aromatic N) is 3. The predicted molar refractivity (Wildman–Crippen MR) is 101 cm³/mol. The smallest absolute Gasteiger partial charge is 0.149 e. The minimum Gasteiger partial charge on any atom is -0.251 e. The molecule has 0 N–H and O–H groups in total. The molecule has 0 aliphatic carbocycles. The summed E-state index contributed by atoms with van der Waals surface area (Å²) >= 11 is 0. The van der Waals surface area contributed by atoms with Crippen LogP contribution >= 0.6 is 0 Å². The molecule has 0 fully saturated rings. The number of pyridine rings is 1. The highest BCUT2D eigenvalue weighted by Gasteiger charge is 2.04. The summed E-state index contributed by atoms with van der Waals surface area (Å²) < 4.78 is 27.7. The number of para-hydroxylation sites is 2. The lowest BCUT2D eigenvalue weighted by atomic mass is 10.2. The standard InChI is InChI=1S/C21H17F2N3/c1-14-6-3-10-18(22)20(14)24-12-16-8-5-9-17(26-16)13-25-21-15(2)7-4-11-19(21)23/h3-13H,1-2H3. The lowest BCUT2D eigenvalue weighted by molar-refractivity contribution is 0.628. The molecule has 0 aliphatic rings. The zero-order valence-electron chi connectivity index (χ0n) is 14.4. The van der Waals surface area contributed by atoms with E-state index in [4.69, 9.17) is 0 Å². The molecule has 0 amide bonds. The van der Waals surface area contributed by atoms with Gasteiger partial charge in [0, 0.05) is 0 Å². The summed E-state index contributed by atoms with van der Waals surface area (Å²) in [6, 6.07) is 14.9. The predicted octanol–water partition coefficient (Wildman–Crippen LogP) is 5.48. The van der Waals surface area contributed by atoms with Gasteiger partial charge in [-0.2, -0.15) is 0 Å². The summed E-state index contributed by atoms with van der Waals surface area (Å²) in [6.07, 6.45) is 2.99.